The lowest BCUT2D eigenvalue weighted by molar-refractivity contribution is 0.0730. The zero-order valence-electron chi connectivity index (χ0n) is 17.1. The third kappa shape index (κ3) is 4.95. The first-order valence-electron chi connectivity index (χ1n) is 9.38. The lowest BCUT2D eigenvalue weighted by Gasteiger charge is -2.26. The van der Waals surface area contributed by atoms with Crippen molar-refractivity contribution in [2.75, 3.05) is 40.5 Å². The molecule has 0 aromatic heterocycles. The van der Waals surface area contributed by atoms with Crippen molar-refractivity contribution in [2.45, 2.75) is 4.90 Å². The smallest absolute Gasteiger partial charge is 0.273 e. The van der Waals surface area contributed by atoms with Crippen LogP contribution in [-0.2, 0) is 14.8 Å². The number of benzene rings is 2. The molecule has 1 saturated heterocycles. The van der Waals surface area contributed by atoms with Crippen LogP contribution in [0, 0.1) is 0 Å². The van der Waals surface area contributed by atoms with Crippen molar-refractivity contribution in [2.24, 2.45) is 0 Å². The summed E-state index contributed by atoms with van der Waals surface area (Å²) in [5.74, 6) is -0.715. The maximum atomic E-state index is 12.8. The molecule has 1 fully saturated rings. The molecule has 0 saturated carbocycles. The maximum Gasteiger partial charge on any atom is 0.273 e. The molecular formula is C20H23N3O7S. The lowest BCUT2D eigenvalue weighted by atomic mass is 10.1. The van der Waals surface area contributed by atoms with E-state index in [0.29, 0.717) is 19.0 Å². The number of methoxy groups -OCH3 is 2. The second-order valence-corrected chi connectivity index (χ2v) is 8.43. The van der Waals surface area contributed by atoms with Crippen molar-refractivity contribution in [3.05, 3.63) is 53.6 Å². The Bertz CT molecular complexity index is 1070. The minimum atomic E-state index is -3.75. The summed E-state index contributed by atoms with van der Waals surface area (Å²) in [5.41, 5.74) is 4.81. The number of carbonyl (C=O) groups is 2. The summed E-state index contributed by atoms with van der Waals surface area (Å²) in [6.45, 7) is 1.13. The quantitative estimate of drug-likeness (QED) is 0.625. The van der Waals surface area contributed by atoms with Crippen LogP contribution in [0.25, 0.3) is 0 Å². The topological polar surface area (TPSA) is 123 Å². The van der Waals surface area contributed by atoms with E-state index in [2.05, 4.69) is 10.9 Å². The third-order valence-corrected chi connectivity index (χ3v) is 6.54. The zero-order chi connectivity index (χ0) is 22.4. The Balaban J connectivity index is 1.72. The highest BCUT2D eigenvalue weighted by Gasteiger charge is 2.27. The van der Waals surface area contributed by atoms with Gasteiger partial charge in [0.15, 0.2) is 11.5 Å². The van der Waals surface area contributed by atoms with Gasteiger partial charge in [0.05, 0.1) is 37.9 Å². The molecule has 2 amide bonds. The molecular weight excluding hydrogens is 426 g/mol. The second-order valence-electron chi connectivity index (χ2n) is 6.49. The van der Waals surface area contributed by atoms with E-state index in [1.54, 1.807) is 12.1 Å². The molecule has 0 spiro atoms. The summed E-state index contributed by atoms with van der Waals surface area (Å²) in [6, 6.07) is 10.4. The van der Waals surface area contributed by atoms with Crippen LogP contribution >= 0.6 is 0 Å². The van der Waals surface area contributed by atoms with Gasteiger partial charge in [-0.15, -0.1) is 0 Å². The molecule has 0 atom stereocenters. The van der Waals surface area contributed by atoms with Gasteiger partial charge < -0.3 is 14.2 Å². The van der Waals surface area contributed by atoms with Gasteiger partial charge in [-0.05, 0) is 30.3 Å². The molecule has 3 rings (SSSR count). The maximum absolute atomic E-state index is 12.8. The predicted octanol–water partition coefficient (Wildman–Crippen LogP) is 0.800. The molecule has 0 aliphatic carbocycles. The van der Waals surface area contributed by atoms with Crippen molar-refractivity contribution >= 4 is 21.8 Å². The van der Waals surface area contributed by atoms with Crippen LogP contribution in [0.15, 0.2) is 47.4 Å². The average Bonchev–Trinajstić information content (AvgIpc) is 2.82. The number of carbonyl (C=O) groups excluding carboxylic acids is 2. The van der Waals surface area contributed by atoms with Crippen molar-refractivity contribution in [3.8, 4) is 11.5 Å². The standard InChI is InChI=1S/C20H23N3O7S/c1-28-17-8-4-7-16(18(17)29-2)20(25)22-21-19(24)14-5-3-6-15(13-14)31(26,27)23-9-11-30-12-10-23/h3-8,13H,9-12H2,1-2H3,(H,21,24)(H,22,25). The normalized spacial score (nSPS) is 14.5. The van der Waals surface area contributed by atoms with Crippen LogP contribution in [0.3, 0.4) is 0 Å². The summed E-state index contributed by atoms with van der Waals surface area (Å²) in [4.78, 5) is 25.0. The van der Waals surface area contributed by atoms with E-state index in [9.17, 15) is 18.0 Å². The fourth-order valence-corrected chi connectivity index (χ4v) is 4.51. The van der Waals surface area contributed by atoms with Gasteiger partial charge in [0.2, 0.25) is 10.0 Å². The molecule has 0 unspecified atom stereocenters. The number of hydrogen-bond acceptors (Lipinski definition) is 7. The highest BCUT2D eigenvalue weighted by Crippen LogP contribution is 2.30. The summed E-state index contributed by atoms with van der Waals surface area (Å²) in [6.07, 6.45) is 0. The average molecular weight is 449 g/mol. The van der Waals surface area contributed by atoms with Crippen LogP contribution in [-0.4, -0.2) is 65.1 Å². The fourth-order valence-electron chi connectivity index (χ4n) is 3.05. The Kier molecular flexibility index (Phi) is 7.10. The van der Waals surface area contributed by atoms with Gasteiger partial charge in [0.1, 0.15) is 0 Å². The van der Waals surface area contributed by atoms with Crippen LogP contribution in [0.4, 0.5) is 0 Å². The first-order chi connectivity index (χ1) is 14.9. The van der Waals surface area contributed by atoms with E-state index >= 15 is 0 Å². The molecule has 1 aliphatic heterocycles. The number of morpholine rings is 1. The Morgan fingerprint density at radius 2 is 1.65 bits per heavy atom. The first-order valence-corrected chi connectivity index (χ1v) is 10.8. The zero-order valence-corrected chi connectivity index (χ0v) is 17.9. The van der Waals surface area contributed by atoms with Crippen molar-refractivity contribution < 1.29 is 32.2 Å². The van der Waals surface area contributed by atoms with Gasteiger partial charge in [-0.25, -0.2) is 8.42 Å². The minimum Gasteiger partial charge on any atom is -0.493 e. The van der Waals surface area contributed by atoms with Crippen LogP contribution in [0.1, 0.15) is 20.7 Å². The monoisotopic (exact) mass is 449 g/mol. The number of hydrazine groups is 1. The van der Waals surface area contributed by atoms with Gasteiger partial charge in [-0.1, -0.05) is 12.1 Å². The van der Waals surface area contributed by atoms with Crippen LogP contribution in [0.5, 0.6) is 11.5 Å². The van der Waals surface area contributed by atoms with Crippen LogP contribution in [0.2, 0.25) is 0 Å². The summed E-state index contributed by atoms with van der Waals surface area (Å²) < 4.78 is 42.4. The Hall–Kier alpha value is -3.15. The highest BCUT2D eigenvalue weighted by molar-refractivity contribution is 7.89. The van der Waals surface area contributed by atoms with Gasteiger partial charge in [0, 0.05) is 18.7 Å². The van der Waals surface area contributed by atoms with E-state index in [4.69, 9.17) is 14.2 Å². The Morgan fingerprint density at radius 3 is 2.32 bits per heavy atom. The van der Waals surface area contributed by atoms with E-state index in [0.717, 1.165) is 0 Å². The minimum absolute atomic E-state index is 0.0113. The SMILES string of the molecule is COc1cccc(C(=O)NNC(=O)c2cccc(S(=O)(=O)N3CCOCC3)c2)c1OC. The van der Waals surface area contributed by atoms with Crippen molar-refractivity contribution in [1.29, 1.82) is 0 Å². The fraction of sp³-hybridized carbons (Fsp3) is 0.300. The number of rotatable bonds is 6. The largest absolute Gasteiger partial charge is 0.493 e. The van der Waals surface area contributed by atoms with Gasteiger partial charge in [0.25, 0.3) is 11.8 Å². The molecule has 1 heterocycles. The number of nitrogens with one attached hydrogen (secondary N) is 2. The number of sulfonamides is 1. The van der Waals surface area contributed by atoms with Crippen molar-refractivity contribution in [3.63, 3.8) is 0 Å². The molecule has 2 aromatic rings. The highest BCUT2D eigenvalue weighted by atomic mass is 32.2. The predicted molar refractivity (Wildman–Crippen MR) is 110 cm³/mol. The van der Waals surface area contributed by atoms with Crippen LogP contribution < -0.4 is 20.3 Å². The molecule has 2 aromatic carbocycles. The summed E-state index contributed by atoms with van der Waals surface area (Å²) in [5, 5.41) is 0. The molecule has 2 N–H and O–H groups in total. The summed E-state index contributed by atoms with van der Waals surface area (Å²) in [7, 11) is -0.913. The molecule has 31 heavy (non-hydrogen) atoms. The third-order valence-electron chi connectivity index (χ3n) is 4.64. The van der Waals surface area contributed by atoms with Crippen molar-refractivity contribution in [1.82, 2.24) is 15.2 Å². The Labute approximate surface area is 180 Å². The van der Waals surface area contributed by atoms with E-state index in [-0.39, 0.29) is 34.9 Å². The summed E-state index contributed by atoms with van der Waals surface area (Å²) >= 11 is 0. The van der Waals surface area contributed by atoms with E-state index < -0.39 is 21.8 Å². The first kappa shape index (κ1) is 22.5. The second kappa shape index (κ2) is 9.77. The lowest BCUT2D eigenvalue weighted by Crippen LogP contribution is -2.42. The molecule has 10 nitrogen and oxygen atoms in total. The number of para-hydroxylation sites is 1. The molecule has 0 radical (unpaired) electrons. The van der Waals surface area contributed by atoms with E-state index in [1.165, 1.54) is 48.9 Å². The molecule has 11 heteroatoms. The van der Waals surface area contributed by atoms with Gasteiger partial charge in [-0.2, -0.15) is 4.31 Å². The Morgan fingerprint density at radius 1 is 0.968 bits per heavy atom. The van der Waals surface area contributed by atoms with Gasteiger partial charge >= 0.3 is 0 Å². The number of nitrogens with zero attached hydrogens (tertiary/aromatic N) is 1. The van der Waals surface area contributed by atoms with Gasteiger partial charge in [-0.3, -0.25) is 20.4 Å². The van der Waals surface area contributed by atoms with E-state index in [1.807, 2.05) is 0 Å². The number of hydrogen-bond donors (Lipinski definition) is 2. The number of ether oxygens (including phenoxy) is 3. The number of amides is 2. The molecule has 1 aliphatic rings. The molecule has 166 valence electrons. The molecule has 0 bridgehead atoms.